The Morgan fingerprint density at radius 3 is 2.48 bits per heavy atom. The molecule has 3 fully saturated rings. The van der Waals surface area contributed by atoms with E-state index in [-0.39, 0.29) is 35.5 Å². The van der Waals surface area contributed by atoms with E-state index in [9.17, 15) is 27.6 Å². The first-order valence-electron chi connectivity index (χ1n) is 10.2. The first kappa shape index (κ1) is 20.3. The summed E-state index contributed by atoms with van der Waals surface area (Å²) in [4.78, 5) is 52.5. The number of carbonyl (C=O) groups is 4. The zero-order valence-corrected chi connectivity index (χ0v) is 17.5. The smallest absolute Gasteiger partial charge is 0.262 e. The van der Waals surface area contributed by atoms with Gasteiger partial charge in [0.2, 0.25) is 11.8 Å². The lowest BCUT2D eigenvalue weighted by Gasteiger charge is -2.53. The average Bonchev–Trinajstić information content (AvgIpc) is 2.92. The van der Waals surface area contributed by atoms with Crippen LogP contribution in [0.3, 0.4) is 0 Å². The Balaban J connectivity index is 1.38. The Kier molecular flexibility index (Phi) is 4.54. The van der Waals surface area contributed by atoms with Crippen molar-refractivity contribution in [3.8, 4) is 0 Å². The first-order valence-corrected chi connectivity index (χ1v) is 12.0. The molecule has 4 aliphatic heterocycles. The van der Waals surface area contributed by atoms with Crippen LogP contribution in [-0.2, 0) is 26.0 Å². The van der Waals surface area contributed by atoms with Crippen LogP contribution < -0.4 is 10.6 Å². The van der Waals surface area contributed by atoms with Crippen LogP contribution in [0.4, 0.5) is 0 Å². The minimum atomic E-state index is -3.08. The Bertz CT molecular complexity index is 1130. The molecule has 4 amide bonds. The summed E-state index contributed by atoms with van der Waals surface area (Å²) in [6.45, 7) is 2.07. The molecule has 2 N–H and O–H groups in total. The van der Waals surface area contributed by atoms with Crippen LogP contribution >= 0.6 is 0 Å². The summed E-state index contributed by atoms with van der Waals surface area (Å²) in [6.07, 6.45) is 0.184. The number of piperidine rings is 1. The molecule has 4 heterocycles. The molecule has 164 valence electrons. The molecular weight excluding hydrogens is 424 g/mol. The molecule has 5 rings (SSSR count). The zero-order chi connectivity index (χ0) is 22.0. The van der Waals surface area contributed by atoms with Crippen molar-refractivity contribution in [1.29, 1.82) is 0 Å². The predicted octanol–water partition coefficient (Wildman–Crippen LogP) is -1.34. The standard InChI is InChI=1S/C20H22N4O6S/c25-16-4-3-15(17(26)22-16)24-18(27)13-2-1-12(7-14(13)19(24)28)8-23-5-6-31(29,30)11-20(23)9-21-10-20/h1-2,7,15,21H,3-6,8-11H2,(H,22,25,26). The number of sulfone groups is 1. The van der Waals surface area contributed by atoms with E-state index in [0.717, 1.165) is 10.5 Å². The van der Waals surface area contributed by atoms with E-state index in [4.69, 9.17) is 0 Å². The second kappa shape index (κ2) is 6.94. The Labute approximate surface area is 178 Å². The van der Waals surface area contributed by atoms with E-state index in [1.807, 2.05) is 0 Å². The summed E-state index contributed by atoms with van der Waals surface area (Å²) < 4.78 is 24.3. The largest absolute Gasteiger partial charge is 0.313 e. The molecule has 11 heteroatoms. The molecule has 1 atom stereocenters. The molecule has 10 nitrogen and oxygen atoms in total. The summed E-state index contributed by atoms with van der Waals surface area (Å²) in [5, 5.41) is 5.34. The van der Waals surface area contributed by atoms with E-state index < -0.39 is 45.0 Å². The summed E-state index contributed by atoms with van der Waals surface area (Å²) in [6, 6.07) is 4.01. The van der Waals surface area contributed by atoms with Crippen LogP contribution in [0.1, 0.15) is 39.1 Å². The van der Waals surface area contributed by atoms with Crippen molar-refractivity contribution in [1.82, 2.24) is 20.4 Å². The summed E-state index contributed by atoms with van der Waals surface area (Å²) in [7, 11) is -3.08. The predicted molar refractivity (Wildman–Crippen MR) is 108 cm³/mol. The van der Waals surface area contributed by atoms with E-state index in [2.05, 4.69) is 15.5 Å². The normalized spacial score (nSPS) is 27.2. The minimum absolute atomic E-state index is 0.0725. The van der Waals surface area contributed by atoms with Crippen LogP contribution in [0, 0.1) is 0 Å². The van der Waals surface area contributed by atoms with Crippen molar-refractivity contribution in [2.75, 3.05) is 31.1 Å². The van der Waals surface area contributed by atoms with E-state index >= 15 is 0 Å². The number of rotatable bonds is 3. The van der Waals surface area contributed by atoms with Gasteiger partial charge < -0.3 is 5.32 Å². The topological polar surface area (TPSA) is 133 Å². The van der Waals surface area contributed by atoms with Gasteiger partial charge in [0.05, 0.1) is 28.2 Å². The molecule has 0 radical (unpaired) electrons. The number of hydrogen-bond acceptors (Lipinski definition) is 8. The van der Waals surface area contributed by atoms with Crippen molar-refractivity contribution in [2.45, 2.75) is 31.0 Å². The minimum Gasteiger partial charge on any atom is -0.313 e. The molecule has 1 unspecified atom stereocenters. The Morgan fingerprint density at radius 2 is 1.81 bits per heavy atom. The fourth-order valence-corrected chi connectivity index (χ4v) is 6.73. The highest BCUT2D eigenvalue weighted by Crippen LogP contribution is 2.32. The number of hydrogen-bond donors (Lipinski definition) is 2. The van der Waals surface area contributed by atoms with Crippen LogP contribution in [0.15, 0.2) is 18.2 Å². The van der Waals surface area contributed by atoms with E-state index in [0.29, 0.717) is 26.2 Å². The molecule has 0 aromatic heterocycles. The lowest BCUT2D eigenvalue weighted by Crippen LogP contribution is -2.74. The van der Waals surface area contributed by atoms with Gasteiger partial charge in [-0.2, -0.15) is 0 Å². The highest BCUT2D eigenvalue weighted by atomic mass is 32.2. The summed E-state index contributed by atoms with van der Waals surface area (Å²) in [5.74, 6) is -1.93. The van der Waals surface area contributed by atoms with Crippen LogP contribution in [0.5, 0.6) is 0 Å². The maximum Gasteiger partial charge on any atom is 0.262 e. The van der Waals surface area contributed by atoms with Gasteiger partial charge in [0, 0.05) is 32.6 Å². The second-order valence-electron chi connectivity index (χ2n) is 8.67. The third-order valence-corrected chi connectivity index (χ3v) is 8.40. The lowest BCUT2D eigenvalue weighted by molar-refractivity contribution is -0.136. The molecule has 31 heavy (non-hydrogen) atoms. The molecule has 1 spiro atoms. The van der Waals surface area contributed by atoms with Gasteiger partial charge >= 0.3 is 0 Å². The van der Waals surface area contributed by atoms with Gasteiger partial charge in [0.15, 0.2) is 9.84 Å². The number of carbonyl (C=O) groups excluding carboxylic acids is 4. The molecular formula is C20H22N4O6S. The van der Waals surface area contributed by atoms with Gasteiger partial charge in [-0.15, -0.1) is 0 Å². The average molecular weight is 446 g/mol. The first-order chi connectivity index (χ1) is 14.7. The van der Waals surface area contributed by atoms with E-state index in [1.165, 1.54) is 0 Å². The van der Waals surface area contributed by atoms with Gasteiger partial charge in [-0.05, 0) is 24.1 Å². The van der Waals surface area contributed by atoms with Crippen molar-refractivity contribution in [2.24, 2.45) is 0 Å². The molecule has 3 saturated heterocycles. The van der Waals surface area contributed by atoms with Crippen LogP contribution in [0.2, 0.25) is 0 Å². The molecule has 1 aromatic rings. The van der Waals surface area contributed by atoms with Gasteiger partial charge in [0.1, 0.15) is 6.04 Å². The number of benzene rings is 1. The molecule has 4 aliphatic rings. The van der Waals surface area contributed by atoms with Gasteiger partial charge in [-0.25, -0.2) is 8.42 Å². The zero-order valence-electron chi connectivity index (χ0n) is 16.7. The van der Waals surface area contributed by atoms with Crippen LogP contribution in [-0.4, -0.2) is 84.6 Å². The van der Waals surface area contributed by atoms with Crippen molar-refractivity contribution < 1.29 is 27.6 Å². The van der Waals surface area contributed by atoms with Crippen molar-refractivity contribution in [3.05, 3.63) is 34.9 Å². The number of amides is 4. The third kappa shape index (κ3) is 3.27. The number of fused-ring (bicyclic) bond motifs is 1. The maximum absolute atomic E-state index is 13.0. The number of nitrogens with zero attached hydrogens (tertiary/aromatic N) is 2. The monoisotopic (exact) mass is 446 g/mol. The highest BCUT2D eigenvalue weighted by Gasteiger charge is 2.49. The van der Waals surface area contributed by atoms with Crippen molar-refractivity contribution in [3.63, 3.8) is 0 Å². The third-order valence-electron chi connectivity index (χ3n) is 6.62. The second-order valence-corrected chi connectivity index (χ2v) is 10.9. The van der Waals surface area contributed by atoms with E-state index in [1.54, 1.807) is 18.2 Å². The number of imide groups is 2. The molecule has 0 aliphatic carbocycles. The SMILES string of the molecule is O=C1CCC(N2C(=O)c3ccc(CN4CCS(=O)(=O)CC45CNC5)cc3C2=O)C(=O)N1. The lowest BCUT2D eigenvalue weighted by atomic mass is 9.91. The fraction of sp³-hybridized carbons (Fsp3) is 0.500. The highest BCUT2D eigenvalue weighted by molar-refractivity contribution is 7.91. The molecule has 0 saturated carbocycles. The van der Waals surface area contributed by atoms with Crippen molar-refractivity contribution >= 4 is 33.5 Å². The quantitative estimate of drug-likeness (QED) is 0.545. The molecule has 0 bridgehead atoms. The Hall–Kier alpha value is -2.63. The van der Waals surface area contributed by atoms with Crippen LogP contribution in [0.25, 0.3) is 0 Å². The fourth-order valence-electron chi connectivity index (χ4n) is 4.88. The maximum atomic E-state index is 13.0. The number of nitrogens with one attached hydrogen (secondary N) is 2. The molecule has 1 aromatic carbocycles. The Morgan fingerprint density at radius 1 is 1.06 bits per heavy atom. The van der Waals surface area contributed by atoms with Gasteiger partial charge in [0.25, 0.3) is 11.8 Å². The van der Waals surface area contributed by atoms with Gasteiger partial charge in [-0.1, -0.05) is 6.07 Å². The summed E-state index contributed by atoms with van der Waals surface area (Å²) >= 11 is 0. The summed E-state index contributed by atoms with van der Waals surface area (Å²) in [5.41, 5.74) is 0.835. The van der Waals surface area contributed by atoms with Gasteiger partial charge in [-0.3, -0.25) is 34.3 Å².